The van der Waals surface area contributed by atoms with Gasteiger partial charge in [0.15, 0.2) is 0 Å². The lowest BCUT2D eigenvalue weighted by Crippen LogP contribution is -2.54. The molecule has 17 nitrogen and oxygen atoms in total. The minimum Gasteiger partial charge on any atom is -0.379 e. The maximum atomic E-state index is 13.2. The molecule has 0 aromatic heterocycles. The number of benzene rings is 1. The fourth-order valence-corrected chi connectivity index (χ4v) is 6.17. The number of carbonyl (C=O) groups excluding carboxylic acids is 5. The highest BCUT2D eigenvalue weighted by Crippen LogP contribution is 2.32. The molecule has 0 aliphatic carbocycles. The van der Waals surface area contributed by atoms with Gasteiger partial charge in [0.1, 0.15) is 6.04 Å². The van der Waals surface area contributed by atoms with E-state index >= 15 is 0 Å². The van der Waals surface area contributed by atoms with Crippen LogP contribution >= 0.6 is 0 Å². The molecule has 1 saturated heterocycles. The van der Waals surface area contributed by atoms with Gasteiger partial charge in [-0.25, -0.2) is 0 Å². The lowest BCUT2D eigenvalue weighted by atomic mass is 10.0. The van der Waals surface area contributed by atoms with Gasteiger partial charge in [-0.05, 0) is 37.8 Å². The number of nitrogens with one attached hydrogen (secondary N) is 2. The lowest BCUT2D eigenvalue weighted by Gasteiger charge is -2.27. The Hall–Kier alpha value is -3.39. The third-order valence-electron chi connectivity index (χ3n) is 9.30. The number of imide groups is 2. The Kier molecular flexibility index (Phi) is 27.4. The predicted octanol–water partition coefficient (Wildman–Crippen LogP) is 3.71. The second kappa shape index (κ2) is 32.4. The Morgan fingerprint density at radius 1 is 0.593 bits per heavy atom. The van der Waals surface area contributed by atoms with Crippen molar-refractivity contribution in [3.05, 3.63) is 29.3 Å². The number of nitrogens with zero attached hydrogens (tertiary/aromatic N) is 1. The van der Waals surface area contributed by atoms with Gasteiger partial charge in [0.25, 0.3) is 11.8 Å². The number of fused-ring (bicyclic) bond motifs is 1. The van der Waals surface area contributed by atoms with Crippen molar-refractivity contribution < 1.29 is 66.6 Å². The molecule has 2 N–H and O–H groups in total. The molecule has 1 unspecified atom stereocenters. The van der Waals surface area contributed by atoms with E-state index in [-0.39, 0.29) is 42.0 Å². The SMILES string of the molecule is CCCCCCCOCCOCCOCCOCCOCCOCCOCCOCCOCCCCCC(=O)Nc1cccc2c1C(=O)N(C1CCC(=O)NC1=O)C2=O. The van der Waals surface area contributed by atoms with Gasteiger partial charge < -0.3 is 47.9 Å². The molecule has 3 rings (SSSR count). The number of carbonyl (C=O) groups is 5. The molecular formula is C42H67N3O14. The van der Waals surface area contributed by atoms with Crippen LogP contribution in [0, 0.1) is 0 Å². The third kappa shape index (κ3) is 21.1. The largest absolute Gasteiger partial charge is 0.379 e. The first-order valence-electron chi connectivity index (χ1n) is 21.3. The van der Waals surface area contributed by atoms with Crippen molar-refractivity contribution in [2.75, 3.05) is 124 Å². The molecule has 1 atom stereocenters. The summed E-state index contributed by atoms with van der Waals surface area (Å²) in [7, 11) is 0. The zero-order chi connectivity index (χ0) is 42.2. The minimum absolute atomic E-state index is 0.0299. The Labute approximate surface area is 348 Å². The van der Waals surface area contributed by atoms with Crippen LogP contribution in [0.1, 0.15) is 98.3 Å². The van der Waals surface area contributed by atoms with Gasteiger partial charge in [0, 0.05) is 26.1 Å². The maximum absolute atomic E-state index is 13.2. The summed E-state index contributed by atoms with van der Waals surface area (Å²) in [5.74, 6) is -2.71. The molecule has 0 spiro atoms. The molecule has 59 heavy (non-hydrogen) atoms. The van der Waals surface area contributed by atoms with Gasteiger partial charge in [-0.2, -0.15) is 0 Å². The van der Waals surface area contributed by atoms with Crippen molar-refractivity contribution in [3.63, 3.8) is 0 Å². The summed E-state index contributed by atoms with van der Waals surface area (Å²) in [6, 6.07) is 3.54. The number of ether oxygens (including phenoxy) is 9. The first kappa shape index (κ1) is 50.0. The Balaban J connectivity index is 1.01. The van der Waals surface area contributed by atoms with Crippen LogP contribution in [-0.2, 0) is 57.0 Å². The van der Waals surface area contributed by atoms with Crippen LogP contribution in [0.25, 0.3) is 0 Å². The second-order valence-corrected chi connectivity index (χ2v) is 14.0. The molecule has 0 radical (unpaired) electrons. The number of anilines is 1. The van der Waals surface area contributed by atoms with E-state index in [0.29, 0.717) is 119 Å². The molecule has 1 aromatic rings. The molecule has 2 aliphatic heterocycles. The number of amides is 5. The van der Waals surface area contributed by atoms with Crippen LogP contribution in [0.5, 0.6) is 0 Å². The average molecular weight is 838 g/mol. The zero-order valence-electron chi connectivity index (χ0n) is 35.0. The third-order valence-corrected chi connectivity index (χ3v) is 9.30. The van der Waals surface area contributed by atoms with Gasteiger partial charge in [0.05, 0.1) is 123 Å². The normalized spacial score (nSPS) is 15.3. The summed E-state index contributed by atoms with van der Waals surface area (Å²) in [6.07, 6.45) is 8.68. The van der Waals surface area contributed by atoms with Crippen LogP contribution in [0.4, 0.5) is 5.69 Å². The lowest BCUT2D eigenvalue weighted by molar-refractivity contribution is -0.136. The van der Waals surface area contributed by atoms with Crippen LogP contribution in [0.15, 0.2) is 18.2 Å². The quantitative estimate of drug-likeness (QED) is 0.0723. The van der Waals surface area contributed by atoms with E-state index in [9.17, 15) is 24.0 Å². The molecule has 1 aromatic carbocycles. The minimum atomic E-state index is -1.07. The number of unbranched alkanes of at least 4 members (excludes halogenated alkanes) is 6. The number of hydrogen-bond donors (Lipinski definition) is 2. The van der Waals surface area contributed by atoms with Crippen molar-refractivity contribution >= 4 is 35.2 Å². The Bertz CT molecular complexity index is 1370. The van der Waals surface area contributed by atoms with Crippen LogP contribution < -0.4 is 10.6 Å². The van der Waals surface area contributed by atoms with E-state index in [2.05, 4.69) is 17.6 Å². The summed E-state index contributed by atoms with van der Waals surface area (Å²) in [4.78, 5) is 63.6. The molecular weight excluding hydrogens is 770 g/mol. The van der Waals surface area contributed by atoms with E-state index in [1.807, 2.05) is 0 Å². The summed E-state index contributed by atoms with van der Waals surface area (Å²) in [5.41, 5.74) is 0.389. The highest BCUT2D eigenvalue weighted by atomic mass is 16.6. The Morgan fingerprint density at radius 3 is 1.49 bits per heavy atom. The first-order chi connectivity index (χ1) is 28.9. The highest BCUT2D eigenvalue weighted by molar-refractivity contribution is 6.26. The monoisotopic (exact) mass is 837 g/mol. The van der Waals surface area contributed by atoms with Crippen LogP contribution in [0.2, 0.25) is 0 Å². The van der Waals surface area contributed by atoms with E-state index < -0.39 is 29.7 Å². The fourth-order valence-electron chi connectivity index (χ4n) is 6.17. The van der Waals surface area contributed by atoms with E-state index in [0.717, 1.165) is 30.8 Å². The smallest absolute Gasteiger partial charge is 0.264 e. The number of piperidine rings is 1. The topological polar surface area (TPSA) is 196 Å². The molecule has 17 heteroatoms. The summed E-state index contributed by atoms with van der Waals surface area (Å²) in [6.45, 7) is 11.6. The second-order valence-electron chi connectivity index (χ2n) is 14.0. The number of hydrogen-bond acceptors (Lipinski definition) is 14. The molecule has 2 heterocycles. The van der Waals surface area contributed by atoms with Gasteiger partial charge in [-0.3, -0.25) is 34.2 Å². The van der Waals surface area contributed by atoms with Crippen LogP contribution in [0.3, 0.4) is 0 Å². The van der Waals surface area contributed by atoms with Gasteiger partial charge in [-0.1, -0.05) is 45.1 Å². The average Bonchev–Trinajstić information content (AvgIpc) is 3.48. The van der Waals surface area contributed by atoms with Gasteiger partial charge >= 0.3 is 0 Å². The standard InChI is InChI=1S/C42H67N3O14/c1-2-3-4-5-8-16-51-18-20-53-22-24-55-26-28-57-30-32-59-33-31-58-29-27-56-25-23-54-21-19-52-17-9-6-7-13-37(46)43-35-12-10-11-34-39(35)42(50)45(41(34)49)36-14-15-38(47)44-40(36)48/h10-12,36H,2-9,13-33H2,1H3,(H,43,46)(H,44,47,48). The van der Waals surface area contributed by atoms with E-state index in [4.69, 9.17) is 42.6 Å². The van der Waals surface area contributed by atoms with Crippen molar-refractivity contribution in [3.8, 4) is 0 Å². The molecule has 0 bridgehead atoms. The van der Waals surface area contributed by atoms with Gasteiger partial charge in [-0.15, -0.1) is 0 Å². The van der Waals surface area contributed by atoms with Crippen molar-refractivity contribution in [1.82, 2.24) is 10.2 Å². The van der Waals surface area contributed by atoms with Crippen molar-refractivity contribution in [2.24, 2.45) is 0 Å². The summed E-state index contributed by atoms with van der Waals surface area (Å²) >= 11 is 0. The van der Waals surface area contributed by atoms with Crippen LogP contribution in [-0.4, -0.2) is 159 Å². The Morgan fingerprint density at radius 2 is 1.03 bits per heavy atom. The fraction of sp³-hybridized carbons (Fsp3) is 0.738. The molecule has 334 valence electrons. The highest BCUT2D eigenvalue weighted by Gasteiger charge is 2.45. The maximum Gasteiger partial charge on any atom is 0.264 e. The summed E-state index contributed by atoms with van der Waals surface area (Å²) < 4.78 is 49.7. The van der Waals surface area contributed by atoms with E-state index in [1.54, 1.807) is 12.1 Å². The molecule has 1 fully saturated rings. The molecule has 5 amide bonds. The first-order valence-corrected chi connectivity index (χ1v) is 21.3. The van der Waals surface area contributed by atoms with Crippen molar-refractivity contribution in [2.45, 2.75) is 83.6 Å². The molecule has 0 saturated carbocycles. The van der Waals surface area contributed by atoms with Gasteiger partial charge in [0.2, 0.25) is 17.7 Å². The zero-order valence-corrected chi connectivity index (χ0v) is 35.0. The van der Waals surface area contributed by atoms with E-state index in [1.165, 1.54) is 31.7 Å². The summed E-state index contributed by atoms with van der Waals surface area (Å²) in [5, 5.41) is 4.91. The van der Waals surface area contributed by atoms with Crippen molar-refractivity contribution in [1.29, 1.82) is 0 Å². The number of rotatable bonds is 38. The predicted molar refractivity (Wildman–Crippen MR) is 216 cm³/mol. The molecule has 2 aliphatic rings.